The maximum Gasteiger partial charge on any atom is 0.261 e. The van der Waals surface area contributed by atoms with Gasteiger partial charge in [-0.05, 0) is 45.0 Å². The average Bonchev–Trinajstić information content (AvgIpc) is 3.04. The quantitative estimate of drug-likeness (QED) is 0.621. The van der Waals surface area contributed by atoms with Crippen molar-refractivity contribution in [2.75, 3.05) is 17.2 Å². The zero-order chi connectivity index (χ0) is 21.5. The maximum absolute atomic E-state index is 13.0. The molecule has 0 atom stereocenters. The average molecular weight is 426 g/mol. The number of hydrogen-bond donors (Lipinski definition) is 2. The first kappa shape index (κ1) is 20.0. The molecule has 0 unspecified atom stereocenters. The summed E-state index contributed by atoms with van der Waals surface area (Å²) in [5, 5.41) is 10.2. The lowest BCUT2D eigenvalue weighted by atomic mass is 9.94. The van der Waals surface area contributed by atoms with Crippen LogP contribution in [0.2, 0.25) is 5.02 Å². The third-order valence-electron chi connectivity index (χ3n) is 4.91. The number of amides is 2. The minimum absolute atomic E-state index is 0.152. The molecule has 1 aliphatic heterocycles. The number of carbonyl (C=O) groups is 2. The molecule has 1 aromatic heterocycles. The van der Waals surface area contributed by atoms with E-state index in [1.807, 2.05) is 19.9 Å². The number of aryl methyl sites for hydroxylation is 1. The molecule has 0 aliphatic carbocycles. The molecule has 0 saturated heterocycles. The van der Waals surface area contributed by atoms with Crippen molar-refractivity contribution in [3.63, 3.8) is 0 Å². The number of rotatable bonds is 3. The molecule has 0 saturated carbocycles. The van der Waals surface area contributed by atoms with Crippen molar-refractivity contribution in [1.29, 1.82) is 0 Å². The lowest BCUT2D eigenvalue weighted by Gasteiger charge is -2.18. The Morgan fingerprint density at radius 1 is 1.23 bits per heavy atom. The number of ether oxygens (including phenoxy) is 1. The number of benzene rings is 2. The molecule has 2 aromatic carbocycles. The van der Waals surface area contributed by atoms with Gasteiger partial charge in [-0.1, -0.05) is 35.0 Å². The molecule has 0 spiro atoms. The Balaban J connectivity index is 1.63. The van der Waals surface area contributed by atoms with E-state index in [-0.39, 0.29) is 12.5 Å². The third-order valence-corrected chi connectivity index (χ3v) is 5.24. The van der Waals surface area contributed by atoms with Crippen LogP contribution < -0.4 is 15.4 Å². The molecule has 0 bridgehead atoms. The Kier molecular flexibility index (Phi) is 4.99. The van der Waals surface area contributed by atoms with Crippen molar-refractivity contribution in [3.8, 4) is 17.0 Å². The van der Waals surface area contributed by atoms with E-state index in [0.717, 1.165) is 0 Å². The van der Waals surface area contributed by atoms with Crippen LogP contribution in [0, 0.1) is 12.3 Å². The van der Waals surface area contributed by atoms with Gasteiger partial charge in [0.1, 0.15) is 29.4 Å². The minimum Gasteiger partial charge on any atom is -0.490 e. The predicted octanol–water partition coefficient (Wildman–Crippen LogP) is 4.91. The van der Waals surface area contributed by atoms with Crippen LogP contribution in [0.3, 0.4) is 0 Å². The summed E-state index contributed by atoms with van der Waals surface area (Å²) in [6.07, 6.45) is 0. The maximum atomic E-state index is 13.0. The van der Waals surface area contributed by atoms with Crippen LogP contribution in [0.25, 0.3) is 11.3 Å². The van der Waals surface area contributed by atoms with Gasteiger partial charge < -0.3 is 19.9 Å². The summed E-state index contributed by atoms with van der Waals surface area (Å²) in [5.74, 6) is 0.367. The molecule has 8 heteroatoms. The number of carbonyl (C=O) groups excluding carboxylic acids is 2. The van der Waals surface area contributed by atoms with Gasteiger partial charge in [0.15, 0.2) is 0 Å². The van der Waals surface area contributed by atoms with Gasteiger partial charge in [-0.2, -0.15) is 0 Å². The highest BCUT2D eigenvalue weighted by molar-refractivity contribution is 6.33. The second-order valence-corrected chi connectivity index (χ2v) is 8.14. The lowest BCUT2D eigenvalue weighted by Crippen LogP contribution is -2.33. The van der Waals surface area contributed by atoms with E-state index in [1.54, 1.807) is 43.3 Å². The van der Waals surface area contributed by atoms with Crippen LogP contribution in [0.4, 0.5) is 11.4 Å². The fourth-order valence-electron chi connectivity index (χ4n) is 3.12. The summed E-state index contributed by atoms with van der Waals surface area (Å²) < 4.78 is 11.0. The predicted molar refractivity (Wildman–Crippen MR) is 114 cm³/mol. The van der Waals surface area contributed by atoms with E-state index < -0.39 is 11.3 Å². The van der Waals surface area contributed by atoms with Crippen molar-refractivity contribution < 1.29 is 18.8 Å². The second kappa shape index (κ2) is 7.50. The van der Waals surface area contributed by atoms with Crippen LogP contribution in [-0.4, -0.2) is 23.6 Å². The molecule has 154 valence electrons. The van der Waals surface area contributed by atoms with Gasteiger partial charge >= 0.3 is 0 Å². The topological polar surface area (TPSA) is 93.5 Å². The van der Waals surface area contributed by atoms with E-state index in [9.17, 15) is 9.59 Å². The van der Waals surface area contributed by atoms with Crippen LogP contribution in [0.15, 0.2) is 47.0 Å². The van der Waals surface area contributed by atoms with Crippen LogP contribution in [0.5, 0.6) is 5.75 Å². The highest BCUT2D eigenvalue weighted by Gasteiger charge is 2.32. The molecule has 1 aliphatic rings. The van der Waals surface area contributed by atoms with Crippen molar-refractivity contribution in [2.24, 2.45) is 5.41 Å². The highest BCUT2D eigenvalue weighted by Crippen LogP contribution is 2.35. The van der Waals surface area contributed by atoms with Gasteiger partial charge in [0.05, 0.1) is 16.1 Å². The first-order valence-corrected chi connectivity index (χ1v) is 9.75. The first-order chi connectivity index (χ1) is 14.3. The van der Waals surface area contributed by atoms with Crippen molar-refractivity contribution >= 4 is 34.8 Å². The Hall–Kier alpha value is -3.32. The molecule has 2 heterocycles. The zero-order valence-corrected chi connectivity index (χ0v) is 17.5. The number of fused-ring (bicyclic) bond motifs is 1. The third kappa shape index (κ3) is 3.64. The summed E-state index contributed by atoms with van der Waals surface area (Å²) in [4.78, 5) is 25.4. The Morgan fingerprint density at radius 2 is 2.00 bits per heavy atom. The molecular weight excluding hydrogens is 406 g/mol. The molecule has 30 heavy (non-hydrogen) atoms. The van der Waals surface area contributed by atoms with E-state index in [4.69, 9.17) is 20.9 Å². The van der Waals surface area contributed by atoms with Gasteiger partial charge in [0.25, 0.3) is 5.91 Å². The van der Waals surface area contributed by atoms with Gasteiger partial charge in [-0.15, -0.1) is 0 Å². The summed E-state index contributed by atoms with van der Waals surface area (Å²) >= 11 is 6.27. The molecule has 2 N–H and O–H groups in total. The molecule has 2 amide bonds. The molecule has 0 fully saturated rings. The van der Waals surface area contributed by atoms with E-state index >= 15 is 0 Å². The summed E-state index contributed by atoms with van der Waals surface area (Å²) in [5.41, 5.74) is 1.59. The largest absolute Gasteiger partial charge is 0.490 e. The second-order valence-electron chi connectivity index (χ2n) is 7.73. The number of nitrogens with one attached hydrogen (secondary N) is 2. The smallest absolute Gasteiger partial charge is 0.261 e. The molecular formula is C22H20ClN3O4. The number of aromatic nitrogens is 1. The molecule has 0 radical (unpaired) electrons. The van der Waals surface area contributed by atoms with Gasteiger partial charge in [0.2, 0.25) is 5.91 Å². The Labute approximate surface area is 178 Å². The van der Waals surface area contributed by atoms with Crippen molar-refractivity contribution in [3.05, 3.63) is 58.8 Å². The fourth-order valence-corrected chi connectivity index (χ4v) is 3.34. The molecule has 7 nitrogen and oxygen atoms in total. The Morgan fingerprint density at radius 3 is 2.77 bits per heavy atom. The van der Waals surface area contributed by atoms with Gasteiger partial charge in [-0.3, -0.25) is 9.59 Å². The van der Waals surface area contributed by atoms with E-state index in [2.05, 4.69) is 15.8 Å². The monoisotopic (exact) mass is 425 g/mol. The Bertz CT molecular complexity index is 1150. The molecule has 3 aromatic rings. The summed E-state index contributed by atoms with van der Waals surface area (Å²) in [6.45, 7) is 5.54. The van der Waals surface area contributed by atoms with E-state index in [1.165, 1.54) is 0 Å². The van der Waals surface area contributed by atoms with Crippen LogP contribution in [0.1, 0.15) is 30.0 Å². The van der Waals surface area contributed by atoms with E-state index in [0.29, 0.717) is 44.7 Å². The molecule has 4 rings (SSSR count). The standard InChI is InChI=1S/C22H20ClN3O4/c1-12-18(19(26-30-12)14-6-4-5-7-15(14)23)20(27)24-13-8-9-17-16(10-13)25-21(28)22(2,3)11-29-17/h4-10H,11H2,1-3H3,(H,24,27)(H,25,28). The summed E-state index contributed by atoms with van der Waals surface area (Å²) in [6, 6.07) is 12.2. The number of nitrogens with zero attached hydrogens (tertiary/aromatic N) is 1. The van der Waals surface area contributed by atoms with Crippen LogP contribution in [-0.2, 0) is 4.79 Å². The van der Waals surface area contributed by atoms with Gasteiger partial charge in [-0.25, -0.2) is 0 Å². The number of halogens is 1. The van der Waals surface area contributed by atoms with Crippen molar-refractivity contribution in [2.45, 2.75) is 20.8 Å². The zero-order valence-electron chi connectivity index (χ0n) is 16.7. The van der Waals surface area contributed by atoms with Crippen LogP contribution >= 0.6 is 11.6 Å². The summed E-state index contributed by atoms with van der Waals surface area (Å²) in [7, 11) is 0. The number of anilines is 2. The van der Waals surface area contributed by atoms with Gasteiger partial charge in [0, 0.05) is 11.3 Å². The lowest BCUT2D eigenvalue weighted by molar-refractivity contribution is -0.124. The normalized spacial score (nSPS) is 14.9. The van der Waals surface area contributed by atoms with Crippen molar-refractivity contribution in [1.82, 2.24) is 5.16 Å². The number of hydrogen-bond acceptors (Lipinski definition) is 5. The fraction of sp³-hybridized carbons (Fsp3) is 0.227. The highest BCUT2D eigenvalue weighted by atomic mass is 35.5. The minimum atomic E-state index is -0.661. The SMILES string of the molecule is Cc1onc(-c2ccccc2Cl)c1C(=O)Nc1ccc2c(c1)NC(=O)C(C)(C)CO2. The first-order valence-electron chi connectivity index (χ1n) is 9.37.